The van der Waals surface area contributed by atoms with Gasteiger partial charge >= 0.3 is 6.18 Å². The van der Waals surface area contributed by atoms with Gasteiger partial charge in [0.25, 0.3) is 0 Å². The molecule has 3 fully saturated rings. The zero-order chi connectivity index (χ0) is 21.8. The van der Waals surface area contributed by atoms with E-state index in [0.29, 0.717) is 34.9 Å². The van der Waals surface area contributed by atoms with Gasteiger partial charge in [0.2, 0.25) is 0 Å². The average molecular weight is 435 g/mol. The van der Waals surface area contributed by atoms with E-state index >= 15 is 0 Å². The summed E-state index contributed by atoms with van der Waals surface area (Å²) in [4.78, 5) is 6.23. The molecule has 0 unspecified atom stereocenters. The molecule has 0 amide bonds. The van der Waals surface area contributed by atoms with Gasteiger partial charge < -0.3 is 15.4 Å². The van der Waals surface area contributed by atoms with E-state index in [-0.39, 0.29) is 0 Å². The molecular weight excluding hydrogens is 407 g/mol. The minimum Gasteiger partial charge on any atom is -0.383 e. The second-order valence-corrected chi connectivity index (χ2v) is 9.19. The lowest BCUT2D eigenvalue weighted by Crippen LogP contribution is -2.28. The smallest absolute Gasteiger partial charge is 0.383 e. The number of piperidine rings is 1. The first kappa shape index (κ1) is 20.8. The molecule has 0 radical (unpaired) electrons. The summed E-state index contributed by atoms with van der Waals surface area (Å²) >= 11 is 0. The van der Waals surface area contributed by atoms with Crippen LogP contribution in [0.2, 0.25) is 0 Å². The van der Waals surface area contributed by atoms with Crippen molar-refractivity contribution in [2.45, 2.75) is 37.9 Å². The van der Waals surface area contributed by atoms with Crippen LogP contribution in [-0.2, 0) is 17.5 Å². The zero-order valence-corrected chi connectivity index (χ0v) is 17.6. The topological polar surface area (TPSA) is 69.2 Å². The van der Waals surface area contributed by atoms with Crippen LogP contribution in [0.4, 0.5) is 19.0 Å². The number of rotatable bonds is 7. The van der Waals surface area contributed by atoms with E-state index in [1.165, 1.54) is 25.5 Å². The summed E-state index contributed by atoms with van der Waals surface area (Å²) in [5.41, 5.74) is 6.65. The number of pyridine rings is 1. The number of nitrogen functional groups attached to an aromatic ring is 1. The summed E-state index contributed by atoms with van der Waals surface area (Å²) in [5.74, 6) is 1.73. The lowest BCUT2D eigenvalue weighted by molar-refractivity contribution is -0.137. The van der Waals surface area contributed by atoms with Gasteiger partial charge in [0, 0.05) is 56.7 Å². The van der Waals surface area contributed by atoms with Gasteiger partial charge in [-0.2, -0.15) is 18.3 Å². The van der Waals surface area contributed by atoms with Gasteiger partial charge in [-0.25, -0.2) is 4.98 Å². The number of methoxy groups -OCH3 is 1. The molecule has 2 aromatic rings. The van der Waals surface area contributed by atoms with Crippen LogP contribution in [-0.4, -0.2) is 53.0 Å². The largest absolute Gasteiger partial charge is 0.419 e. The molecule has 5 rings (SSSR count). The lowest BCUT2D eigenvalue weighted by Gasteiger charge is -2.26. The molecule has 6 nitrogen and oxygen atoms in total. The van der Waals surface area contributed by atoms with Crippen LogP contribution in [0.25, 0.3) is 11.3 Å². The van der Waals surface area contributed by atoms with Gasteiger partial charge in [0.1, 0.15) is 5.82 Å². The van der Waals surface area contributed by atoms with Crippen molar-refractivity contribution >= 4 is 5.82 Å². The Morgan fingerprint density at radius 2 is 1.94 bits per heavy atom. The summed E-state index contributed by atoms with van der Waals surface area (Å²) in [6.45, 7) is 4.61. The van der Waals surface area contributed by atoms with Crippen molar-refractivity contribution < 1.29 is 17.9 Å². The quantitative estimate of drug-likeness (QED) is 0.719. The van der Waals surface area contributed by atoms with Crippen LogP contribution in [0.15, 0.2) is 18.3 Å². The summed E-state index contributed by atoms with van der Waals surface area (Å²) in [6, 6.07) is 3.05. The number of ether oxygens (including phenoxy) is 1. The summed E-state index contributed by atoms with van der Waals surface area (Å²) in [6.07, 6.45) is 0.486. The Balaban J connectivity index is 1.41. The molecule has 2 saturated carbocycles. The molecule has 1 saturated heterocycles. The van der Waals surface area contributed by atoms with Gasteiger partial charge in [0.15, 0.2) is 0 Å². The fourth-order valence-electron chi connectivity index (χ4n) is 5.20. The Bertz CT molecular complexity index is 943. The van der Waals surface area contributed by atoms with Gasteiger partial charge in [-0.05, 0) is 42.7 Å². The van der Waals surface area contributed by atoms with Crippen molar-refractivity contribution in [3.05, 3.63) is 29.6 Å². The molecule has 3 aliphatic rings. The van der Waals surface area contributed by atoms with Gasteiger partial charge in [-0.1, -0.05) is 6.42 Å². The normalized spacial score (nSPS) is 26.1. The first-order chi connectivity index (χ1) is 14.8. The Kier molecular flexibility index (Phi) is 5.21. The number of nitrogens with zero attached hydrogens (tertiary/aromatic N) is 4. The van der Waals surface area contributed by atoms with Gasteiger partial charge in [-0.15, -0.1) is 0 Å². The molecule has 168 valence electrons. The summed E-state index contributed by atoms with van der Waals surface area (Å²) in [5, 5.41) is 4.75. The Morgan fingerprint density at radius 1 is 1.19 bits per heavy atom. The molecule has 3 heterocycles. The third kappa shape index (κ3) is 3.93. The molecular formula is C22H28F3N5O. The van der Waals surface area contributed by atoms with E-state index in [0.717, 1.165) is 44.5 Å². The standard InChI is InChI=1S/C22H28F3N5O/c1-31-6-5-29-11-15-16(12-29)20(15)19-8-18(28-30(19)10-13-3-2-4-13)14-7-17(22(23,24)25)21(26)27-9-14/h7-9,13,15-16,20H,2-6,10-12H2,1H3,(H2,26,27)/t15-,16+,20+. The van der Waals surface area contributed by atoms with Crippen molar-refractivity contribution in [3.63, 3.8) is 0 Å². The third-order valence-corrected chi connectivity index (χ3v) is 7.21. The lowest BCUT2D eigenvalue weighted by atomic mass is 9.85. The van der Waals surface area contributed by atoms with Gasteiger partial charge in [0.05, 0.1) is 17.9 Å². The number of hydrogen-bond donors (Lipinski definition) is 1. The van der Waals surface area contributed by atoms with E-state index in [4.69, 9.17) is 15.6 Å². The highest BCUT2D eigenvalue weighted by atomic mass is 19.4. The van der Waals surface area contributed by atoms with Gasteiger partial charge in [-0.3, -0.25) is 4.68 Å². The number of likely N-dealkylation sites (tertiary alicyclic amines) is 1. The Hall–Kier alpha value is -2.13. The molecule has 2 N–H and O–H groups in total. The Labute approximate surface area is 179 Å². The van der Waals surface area contributed by atoms with Crippen LogP contribution < -0.4 is 5.73 Å². The van der Waals surface area contributed by atoms with Crippen molar-refractivity contribution in [3.8, 4) is 11.3 Å². The monoisotopic (exact) mass is 435 g/mol. The van der Waals surface area contributed by atoms with Crippen LogP contribution in [0, 0.1) is 17.8 Å². The second-order valence-electron chi connectivity index (χ2n) is 9.19. The molecule has 2 aromatic heterocycles. The summed E-state index contributed by atoms with van der Waals surface area (Å²) in [7, 11) is 1.72. The maximum Gasteiger partial charge on any atom is 0.419 e. The van der Waals surface area contributed by atoms with Crippen molar-refractivity contribution in [1.82, 2.24) is 19.7 Å². The highest BCUT2D eigenvalue weighted by Gasteiger charge is 2.57. The molecule has 2 aliphatic carbocycles. The maximum atomic E-state index is 13.3. The minimum absolute atomic E-state index is 0.364. The van der Waals surface area contributed by atoms with Crippen molar-refractivity contribution in [1.29, 1.82) is 0 Å². The molecule has 0 bridgehead atoms. The van der Waals surface area contributed by atoms with E-state index in [9.17, 15) is 13.2 Å². The van der Waals surface area contributed by atoms with E-state index in [1.54, 1.807) is 7.11 Å². The van der Waals surface area contributed by atoms with Crippen LogP contribution >= 0.6 is 0 Å². The fraction of sp³-hybridized carbons (Fsp3) is 0.636. The zero-order valence-electron chi connectivity index (χ0n) is 17.6. The minimum atomic E-state index is -4.54. The van der Waals surface area contributed by atoms with E-state index < -0.39 is 17.6 Å². The Morgan fingerprint density at radius 3 is 2.55 bits per heavy atom. The predicted molar refractivity (Wildman–Crippen MR) is 110 cm³/mol. The predicted octanol–water partition coefficient (Wildman–Crippen LogP) is 3.64. The SMILES string of the molecule is COCCN1C[C@@H]2[C@H](C1)[C@H]2c1cc(-c2cnc(N)c(C(F)(F)F)c2)nn1CC1CCC1. The first-order valence-electron chi connectivity index (χ1n) is 11.0. The van der Waals surface area contributed by atoms with E-state index in [2.05, 4.69) is 14.6 Å². The maximum absolute atomic E-state index is 13.3. The second kappa shape index (κ2) is 7.78. The average Bonchev–Trinajstić information content (AvgIpc) is 3.04. The van der Waals surface area contributed by atoms with Crippen molar-refractivity contribution in [2.24, 2.45) is 17.8 Å². The first-order valence-corrected chi connectivity index (χ1v) is 11.0. The van der Waals surface area contributed by atoms with Crippen molar-refractivity contribution in [2.75, 3.05) is 39.1 Å². The number of alkyl halides is 3. The highest BCUT2D eigenvalue weighted by Crippen LogP contribution is 2.58. The number of aromatic nitrogens is 3. The number of halogens is 3. The number of hydrogen-bond acceptors (Lipinski definition) is 5. The summed E-state index contributed by atoms with van der Waals surface area (Å²) < 4.78 is 47.2. The van der Waals surface area contributed by atoms with E-state index in [1.807, 2.05) is 6.07 Å². The third-order valence-electron chi connectivity index (χ3n) is 7.21. The number of fused-ring (bicyclic) bond motifs is 1. The fourth-order valence-corrected chi connectivity index (χ4v) is 5.20. The number of nitrogens with two attached hydrogens (primary N) is 1. The van der Waals surface area contributed by atoms with Crippen LogP contribution in [0.3, 0.4) is 0 Å². The molecule has 9 heteroatoms. The van der Waals surface area contributed by atoms with Crippen LogP contribution in [0.1, 0.15) is 36.4 Å². The molecule has 31 heavy (non-hydrogen) atoms. The number of anilines is 1. The molecule has 3 atom stereocenters. The highest BCUT2D eigenvalue weighted by molar-refractivity contribution is 5.63. The van der Waals surface area contributed by atoms with Crippen LogP contribution in [0.5, 0.6) is 0 Å². The molecule has 0 spiro atoms. The molecule has 0 aromatic carbocycles. The molecule has 1 aliphatic heterocycles.